The molecule has 1 N–H and O–H groups in total. The van der Waals surface area contributed by atoms with Gasteiger partial charge in [0, 0.05) is 50.1 Å². The molecule has 3 rings (SSSR count). The van der Waals surface area contributed by atoms with Crippen molar-refractivity contribution < 1.29 is 4.79 Å². The van der Waals surface area contributed by atoms with E-state index >= 15 is 0 Å². The van der Waals surface area contributed by atoms with E-state index in [1.54, 1.807) is 47.8 Å². The van der Waals surface area contributed by atoms with Crippen molar-refractivity contribution in [3.8, 4) is 11.3 Å². The fraction of sp³-hybridized carbons (Fsp3) is 0.125. The number of carbonyl (C=O) groups is 1. The zero-order chi connectivity index (χ0) is 15.4. The largest absolute Gasteiger partial charge is 0.348 e. The monoisotopic (exact) mass is 293 g/mol. The van der Waals surface area contributed by atoms with Crippen molar-refractivity contribution in [1.29, 1.82) is 0 Å². The number of rotatable bonds is 4. The van der Waals surface area contributed by atoms with Crippen molar-refractivity contribution >= 4 is 5.91 Å². The molecule has 0 radical (unpaired) electrons. The van der Waals surface area contributed by atoms with Gasteiger partial charge in [0.05, 0.1) is 11.3 Å². The van der Waals surface area contributed by atoms with Crippen molar-refractivity contribution in [2.24, 2.45) is 7.05 Å². The van der Waals surface area contributed by atoms with Gasteiger partial charge in [0.25, 0.3) is 5.91 Å². The summed E-state index contributed by atoms with van der Waals surface area (Å²) in [6.07, 6.45) is 8.44. The second-order valence-electron chi connectivity index (χ2n) is 4.85. The Hall–Kier alpha value is -3.02. The molecule has 6 heteroatoms. The molecule has 3 heterocycles. The fourth-order valence-corrected chi connectivity index (χ4v) is 2.16. The van der Waals surface area contributed by atoms with E-state index in [-0.39, 0.29) is 5.91 Å². The lowest BCUT2D eigenvalue weighted by Gasteiger charge is -2.07. The van der Waals surface area contributed by atoms with Crippen molar-refractivity contribution in [2.45, 2.75) is 6.54 Å². The highest BCUT2D eigenvalue weighted by atomic mass is 16.1. The molecule has 0 fully saturated rings. The Kier molecular flexibility index (Phi) is 3.91. The molecular formula is C16H15N5O. The summed E-state index contributed by atoms with van der Waals surface area (Å²) in [7, 11) is 1.88. The molecular weight excluding hydrogens is 278 g/mol. The number of carbonyl (C=O) groups excluding carboxylic acids is 1. The molecule has 0 aliphatic heterocycles. The number of hydrogen-bond donors (Lipinski definition) is 1. The summed E-state index contributed by atoms with van der Waals surface area (Å²) >= 11 is 0. The maximum absolute atomic E-state index is 12.0. The molecule has 3 aromatic heterocycles. The highest BCUT2D eigenvalue weighted by Crippen LogP contribution is 2.18. The Labute approximate surface area is 127 Å². The van der Waals surface area contributed by atoms with Crippen LogP contribution >= 0.6 is 0 Å². The highest BCUT2D eigenvalue weighted by Gasteiger charge is 2.07. The minimum absolute atomic E-state index is 0.154. The summed E-state index contributed by atoms with van der Waals surface area (Å²) < 4.78 is 1.79. The Morgan fingerprint density at radius 1 is 1.18 bits per heavy atom. The van der Waals surface area contributed by atoms with Gasteiger partial charge in [0.15, 0.2) is 0 Å². The van der Waals surface area contributed by atoms with Gasteiger partial charge < -0.3 is 5.32 Å². The van der Waals surface area contributed by atoms with E-state index in [1.807, 2.05) is 19.2 Å². The number of nitrogens with one attached hydrogen (secondary N) is 1. The van der Waals surface area contributed by atoms with Crippen LogP contribution < -0.4 is 5.32 Å². The summed E-state index contributed by atoms with van der Waals surface area (Å²) in [6.45, 7) is 0.409. The molecule has 22 heavy (non-hydrogen) atoms. The smallest absolute Gasteiger partial charge is 0.253 e. The van der Waals surface area contributed by atoms with Crippen molar-refractivity contribution in [3.63, 3.8) is 0 Å². The van der Waals surface area contributed by atoms with Crippen LogP contribution in [0.25, 0.3) is 11.3 Å². The number of hydrogen-bond acceptors (Lipinski definition) is 4. The summed E-state index contributed by atoms with van der Waals surface area (Å²) in [5, 5.41) is 7.01. The van der Waals surface area contributed by atoms with Crippen molar-refractivity contribution in [3.05, 3.63) is 66.4 Å². The summed E-state index contributed by atoms with van der Waals surface area (Å²) in [6, 6.07) is 7.38. The summed E-state index contributed by atoms with van der Waals surface area (Å²) in [5.41, 5.74) is 3.41. The lowest BCUT2D eigenvalue weighted by molar-refractivity contribution is 0.0950. The third kappa shape index (κ3) is 3.01. The van der Waals surface area contributed by atoms with Gasteiger partial charge in [0.2, 0.25) is 0 Å². The molecule has 110 valence electrons. The Morgan fingerprint density at radius 2 is 2.09 bits per heavy atom. The first-order valence-corrected chi connectivity index (χ1v) is 6.84. The molecule has 0 aromatic carbocycles. The quantitative estimate of drug-likeness (QED) is 0.796. The van der Waals surface area contributed by atoms with Gasteiger partial charge in [-0.25, -0.2) is 0 Å². The Morgan fingerprint density at radius 3 is 2.82 bits per heavy atom. The van der Waals surface area contributed by atoms with Crippen LogP contribution in [0.2, 0.25) is 0 Å². The van der Waals surface area contributed by atoms with Crippen LogP contribution in [0, 0.1) is 0 Å². The molecule has 0 atom stereocenters. The minimum atomic E-state index is -0.154. The molecule has 0 spiro atoms. The number of aryl methyl sites for hydroxylation is 1. The SMILES string of the molecule is Cn1nccc1-c1cncc(CNC(=O)c2cccnc2)c1. The van der Waals surface area contributed by atoms with Crippen LogP contribution in [0.5, 0.6) is 0 Å². The Balaban J connectivity index is 1.71. The van der Waals surface area contributed by atoms with Crippen LogP contribution in [-0.4, -0.2) is 25.7 Å². The third-order valence-corrected chi connectivity index (χ3v) is 3.29. The topological polar surface area (TPSA) is 72.7 Å². The van der Waals surface area contributed by atoms with Crippen molar-refractivity contribution in [1.82, 2.24) is 25.1 Å². The van der Waals surface area contributed by atoms with E-state index in [2.05, 4.69) is 20.4 Å². The second kappa shape index (κ2) is 6.17. The molecule has 0 aliphatic rings. The molecule has 0 aliphatic carbocycles. The number of amides is 1. The molecule has 0 bridgehead atoms. The summed E-state index contributed by atoms with van der Waals surface area (Å²) in [4.78, 5) is 20.2. The van der Waals surface area contributed by atoms with E-state index in [9.17, 15) is 4.79 Å². The van der Waals surface area contributed by atoms with Gasteiger partial charge in [-0.3, -0.25) is 19.4 Å². The maximum Gasteiger partial charge on any atom is 0.253 e. The number of pyridine rings is 2. The number of nitrogens with zero attached hydrogens (tertiary/aromatic N) is 4. The first kappa shape index (κ1) is 13.9. The van der Waals surface area contributed by atoms with Crippen LogP contribution in [-0.2, 0) is 13.6 Å². The first-order chi connectivity index (χ1) is 10.7. The zero-order valence-electron chi connectivity index (χ0n) is 12.1. The van der Waals surface area contributed by atoms with Crippen LogP contribution in [0.1, 0.15) is 15.9 Å². The van der Waals surface area contributed by atoms with E-state index in [0.717, 1.165) is 16.8 Å². The standard InChI is InChI=1S/C16H15N5O/c1-21-15(4-6-20-21)14-7-12(8-18-11-14)9-19-16(22)13-3-2-5-17-10-13/h2-8,10-11H,9H2,1H3,(H,19,22). The zero-order valence-corrected chi connectivity index (χ0v) is 12.1. The summed E-state index contributed by atoms with van der Waals surface area (Å²) in [5.74, 6) is -0.154. The molecule has 0 saturated heterocycles. The lowest BCUT2D eigenvalue weighted by Crippen LogP contribution is -2.22. The molecule has 1 amide bonds. The maximum atomic E-state index is 12.0. The molecule has 6 nitrogen and oxygen atoms in total. The van der Waals surface area contributed by atoms with Gasteiger partial charge in [-0.15, -0.1) is 0 Å². The first-order valence-electron chi connectivity index (χ1n) is 6.84. The van der Waals surface area contributed by atoms with Gasteiger partial charge in [-0.1, -0.05) is 0 Å². The predicted molar refractivity (Wildman–Crippen MR) is 81.8 cm³/mol. The van der Waals surface area contributed by atoms with E-state index in [0.29, 0.717) is 12.1 Å². The lowest BCUT2D eigenvalue weighted by atomic mass is 10.1. The molecule has 3 aromatic rings. The van der Waals surface area contributed by atoms with Gasteiger partial charge in [-0.2, -0.15) is 5.10 Å². The van der Waals surface area contributed by atoms with E-state index in [4.69, 9.17) is 0 Å². The van der Waals surface area contributed by atoms with Crippen LogP contribution in [0.15, 0.2) is 55.2 Å². The highest BCUT2D eigenvalue weighted by molar-refractivity contribution is 5.93. The number of aromatic nitrogens is 4. The minimum Gasteiger partial charge on any atom is -0.348 e. The Bertz CT molecular complexity index is 782. The van der Waals surface area contributed by atoms with Gasteiger partial charge >= 0.3 is 0 Å². The van der Waals surface area contributed by atoms with E-state index in [1.165, 1.54) is 0 Å². The van der Waals surface area contributed by atoms with Crippen LogP contribution in [0.3, 0.4) is 0 Å². The normalized spacial score (nSPS) is 10.4. The van der Waals surface area contributed by atoms with Crippen molar-refractivity contribution in [2.75, 3.05) is 0 Å². The van der Waals surface area contributed by atoms with Gasteiger partial charge in [-0.05, 0) is 29.8 Å². The van der Waals surface area contributed by atoms with E-state index < -0.39 is 0 Å². The fourth-order valence-electron chi connectivity index (χ4n) is 2.16. The average molecular weight is 293 g/mol. The second-order valence-corrected chi connectivity index (χ2v) is 4.85. The van der Waals surface area contributed by atoms with Crippen LogP contribution in [0.4, 0.5) is 0 Å². The molecule has 0 unspecified atom stereocenters. The average Bonchev–Trinajstić information content (AvgIpc) is 3.00. The van der Waals surface area contributed by atoms with Gasteiger partial charge in [0.1, 0.15) is 0 Å². The molecule has 0 saturated carbocycles. The third-order valence-electron chi connectivity index (χ3n) is 3.29. The predicted octanol–water partition coefficient (Wildman–Crippen LogP) is 1.81.